The van der Waals surface area contributed by atoms with Crippen LogP contribution in [0.4, 0.5) is 5.69 Å². The van der Waals surface area contributed by atoms with E-state index in [0.717, 1.165) is 0 Å². The molecule has 2 N–H and O–H groups in total. The molecule has 20 heavy (non-hydrogen) atoms. The van der Waals surface area contributed by atoms with Crippen LogP contribution in [0.15, 0.2) is 59.2 Å². The van der Waals surface area contributed by atoms with Crippen LogP contribution >= 0.6 is 0 Å². The number of nitrogens with zero attached hydrogens (tertiary/aromatic N) is 1. The van der Waals surface area contributed by atoms with Gasteiger partial charge in [0.15, 0.2) is 0 Å². The van der Waals surface area contributed by atoms with Gasteiger partial charge in [-0.1, -0.05) is 18.2 Å². The second kappa shape index (κ2) is 6.38. The van der Waals surface area contributed by atoms with E-state index < -0.39 is 5.91 Å². The summed E-state index contributed by atoms with van der Waals surface area (Å²) in [5.41, 5.74) is 5.80. The molecule has 0 aliphatic heterocycles. The van der Waals surface area contributed by atoms with Crippen molar-refractivity contribution in [1.82, 2.24) is 0 Å². The van der Waals surface area contributed by atoms with Crippen molar-refractivity contribution in [1.29, 1.82) is 0 Å². The Bertz CT molecular complexity index is 603. The van der Waals surface area contributed by atoms with E-state index >= 15 is 0 Å². The third kappa shape index (κ3) is 3.58. The van der Waals surface area contributed by atoms with Gasteiger partial charge in [0.25, 0.3) is 5.91 Å². The molecule has 0 aliphatic carbocycles. The van der Waals surface area contributed by atoms with Crippen molar-refractivity contribution in [2.45, 2.75) is 0 Å². The van der Waals surface area contributed by atoms with Crippen LogP contribution in [0.2, 0.25) is 0 Å². The molecule has 0 radical (unpaired) electrons. The summed E-state index contributed by atoms with van der Waals surface area (Å²) in [6.07, 6.45) is 4.40. The van der Waals surface area contributed by atoms with Crippen LogP contribution < -0.4 is 10.6 Å². The van der Waals surface area contributed by atoms with Crippen LogP contribution in [0.25, 0.3) is 6.08 Å². The first kappa shape index (κ1) is 13.6. The lowest BCUT2D eigenvalue weighted by Gasteiger charge is -2.19. The monoisotopic (exact) mass is 270 g/mol. The summed E-state index contributed by atoms with van der Waals surface area (Å²) < 4.78 is 5.10. The van der Waals surface area contributed by atoms with Crippen molar-refractivity contribution in [2.75, 3.05) is 11.4 Å². The van der Waals surface area contributed by atoms with E-state index in [0.29, 0.717) is 11.4 Å². The Hall–Kier alpha value is -2.82. The number of para-hydroxylation sites is 1. The van der Waals surface area contributed by atoms with Crippen LogP contribution in [-0.2, 0) is 9.59 Å². The third-order valence-corrected chi connectivity index (χ3v) is 2.58. The lowest BCUT2D eigenvalue weighted by atomic mass is 10.2. The Labute approximate surface area is 116 Å². The predicted molar refractivity (Wildman–Crippen MR) is 75.7 cm³/mol. The third-order valence-electron chi connectivity index (χ3n) is 2.58. The molecule has 0 fully saturated rings. The normalized spacial score (nSPS) is 10.6. The van der Waals surface area contributed by atoms with Crippen LogP contribution in [0.5, 0.6) is 0 Å². The van der Waals surface area contributed by atoms with Gasteiger partial charge in [-0.2, -0.15) is 0 Å². The number of benzene rings is 1. The second-order valence-corrected chi connectivity index (χ2v) is 4.07. The summed E-state index contributed by atoms with van der Waals surface area (Å²) in [5.74, 6) is -0.356. The van der Waals surface area contributed by atoms with E-state index in [1.807, 2.05) is 6.07 Å². The first-order valence-electron chi connectivity index (χ1n) is 6.03. The molecule has 5 nitrogen and oxygen atoms in total. The molecular formula is C15H14N2O3. The second-order valence-electron chi connectivity index (χ2n) is 4.07. The SMILES string of the molecule is NC(=O)CN(C(=O)C=Cc1ccco1)c1ccccc1. The highest BCUT2D eigenvalue weighted by atomic mass is 16.3. The van der Waals surface area contributed by atoms with Gasteiger partial charge in [0, 0.05) is 11.8 Å². The standard InChI is InChI=1S/C15H14N2O3/c16-14(18)11-17(12-5-2-1-3-6-12)15(19)9-8-13-7-4-10-20-13/h1-10H,11H2,(H2,16,18). The number of furan rings is 1. The largest absolute Gasteiger partial charge is 0.465 e. The number of hydrogen-bond acceptors (Lipinski definition) is 3. The van der Waals surface area contributed by atoms with Crippen molar-refractivity contribution >= 4 is 23.6 Å². The molecule has 0 spiro atoms. The maximum Gasteiger partial charge on any atom is 0.251 e. The molecule has 0 atom stereocenters. The summed E-state index contributed by atoms with van der Waals surface area (Å²) in [6.45, 7) is -0.175. The topological polar surface area (TPSA) is 76.5 Å². The number of anilines is 1. The zero-order valence-corrected chi connectivity index (χ0v) is 10.7. The Morgan fingerprint density at radius 3 is 2.50 bits per heavy atom. The van der Waals surface area contributed by atoms with E-state index in [1.165, 1.54) is 17.2 Å². The van der Waals surface area contributed by atoms with Crippen molar-refractivity contribution in [3.8, 4) is 0 Å². The molecule has 0 bridgehead atoms. The minimum Gasteiger partial charge on any atom is -0.465 e. The van der Waals surface area contributed by atoms with Crippen molar-refractivity contribution in [3.05, 3.63) is 60.6 Å². The van der Waals surface area contributed by atoms with Crippen LogP contribution in [0, 0.1) is 0 Å². The molecular weight excluding hydrogens is 256 g/mol. The van der Waals surface area contributed by atoms with Gasteiger partial charge in [-0.25, -0.2) is 0 Å². The van der Waals surface area contributed by atoms with Gasteiger partial charge in [0.05, 0.1) is 6.26 Å². The van der Waals surface area contributed by atoms with E-state index in [9.17, 15) is 9.59 Å². The van der Waals surface area contributed by atoms with Crippen molar-refractivity contribution in [2.24, 2.45) is 5.73 Å². The first-order chi connectivity index (χ1) is 9.66. The Morgan fingerprint density at radius 2 is 1.90 bits per heavy atom. The van der Waals surface area contributed by atoms with E-state index in [-0.39, 0.29) is 12.5 Å². The molecule has 0 unspecified atom stereocenters. The highest BCUT2D eigenvalue weighted by molar-refractivity contribution is 6.06. The van der Waals surface area contributed by atoms with E-state index in [2.05, 4.69) is 0 Å². The number of nitrogens with two attached hydrogens (primary N) is 1. The molecule has 2 rings (SSSR count). The molecule has 1 aromatic carbocycles. The minimum absolute atomic E-state index is 0.175. The molecule has 102 valence electrons. The number of carbonyl (C=O) groups is 2. The lowest BCUT2D eigenvalue weighted by molar-refractivity contribution is -0.120. The number of primary amides is 1. The molecule has 5 heteroatoms. The first-order valence-corrected chi connectivity index (χ1v) is 6.03. The molecule has 2 aromatic rings. The molecule has 0 saturated carbocycles. The molecule has 1 heterocycles. The van der Waals surface area contributed by atoms with Gasteiger partial charge in [-0.05, 0) is 30.3 Å². The van der Waals surface area contributed by atoms with Gasteiger partial charge >= 0.3 is 0 Å². The number of carbonyl (C=O) groups excluding carboxylic acids is 2. The summed E-state index contributed by atoms with van der Waals surface area (Å²) in [6, 6.07) is 12.3. The Kier molecular flexibility index (Phi) is 4.34. The van der Waals surface area contributed by atoms with Gasteiger partial charge in [-0.15, -0.1) is 0 Å². The van der Waals surface area contributed by atoms with Crippen LogP contribution in [0.1, 0.15) is 5.76 Å². The van der Waals surface area contributed by atoms with Gasteiger partial charge in [-0.3, -0.25) is 14.5 Å². The summed E-state index contributed by atoms with van der Waals surface area (Å²) in [7, 11) is 0. The van der Waals surface area contributed by atoms with Gasteiger partial charge in [0.2, 0.25) is 5.91 Å². The zero-order chi connectivity index (χ0) is 14.4. The fourth-order valence-corrected chi connectivity index (χ4v) is 1.69. The molecule has 1 aromatic heterocycles. The fourth-order valence-electron chi connectivity index (χ4n) is 1.69. The quantitative estimate of drug-likeness (QED) is 0.842. The molecule has 2 amide bonds. The summed E-state index contributed by atoms with van der Waals surface area (Å²) in [4.78, 5) is 24.6. The Balaban J connectivity index is 2.18. The summed E-state index contributed by atoms with van der Waals surface area (Å²) >= 11 is 0. The van der Waals surface area contributed by atoms with Gasteiger partial charge < -0.3 is 10.2 Å². The van der Waals surface area contributed by atoms with Crippen molar-refractivity contribution in [3.63, 3.8) is 0 Å². The predicted octanol–water partition coefficient (Wildman–Crippen LogP) is 1.81. The maximum absolute atomic E-state index is 12.2. The zero-order valence-electron chi connectivity index (χ0n) is 10.7. The molecule has 0 saturated heterocycles. The van der Waals surface area contributed by atoms with Gasteiger partial charge in [0.1, 0.15) is 12.3 Å². The summed E-state index contributed by atoms with van der Waals surface area (Å²) in [5, 5.41) is 0. The minimum atomic E-state index is -0.575. The van der Waals surface area contributed by atoms with Crippen LogP contribution in [-0.4, -0.2) is 18.4 Å². The Morgan fingerprint density at radius 1 is 1.15 bits per heavy atom. The number of amides is 2. The average Bonchev–Trinajstić information content (AvgIpc) is 2.96. The highest BCUT2D eigenvalue weighted by Crippen LogP contribution is 2.14. The highest BCUT2D eigenvalue weighted by Gasteiger charge is 2.15. The lowest BCUT2D eigenvalue weighted by Crippen LogP contribution is -2.37. The van der Waals surface area contributed by atoms with E-state index in [1.54, 1.807) is 42.5 Å². The maximum atomic E-state index is 12.2. The number of hydrogen-bond donors (Lipinski definition) is 1. The van der Waals surface area contributed by atoms with Crippen LogP contribution in [0.3, 0.4) is 0 Å². The molecule has 0 aliphatic rings. The van der Waals surface area contributed by atoms with Crippen molar-refractivity contribution < 1.29 is 14.0 Å². The van der Waals surface area contributed by atoms with E-state index in [4.69, 9.17) is 10.2 Å². The smallest absolute Gasteiger partial charge is 0.251 e. The fraction of sp³-hybridized carbons (Fsp3) is 0.0667. The number of rotatable bonds is 5. The average molecular weight is 270 g/mol.